The van der Waals surface area contributed by atoms with Gasteiger partial charge in [-0.1, -0.05) is 20.8 Å². The molecule has 2 atom stereocenters. The molecule has 106 valence electrons. The average molecular weight is 252 g/mol. The van der Waals surface area contributed by atoms with Gasteiger partial charge in [-0.25, -0.2) is 0 Å². The van der Waals surface area contributed by atoms with E-state index in [1.807, 2.05) is 0 Å². The Labute approximate surface area is 114 Å². The van der Waals surface area contributed by atoms with Gasteiger partial charge in [0.25, 0.3) is 0 Å². The van der Waals surface area contributed by atoms with Crippen LogP contribution >= 0.6 is 0 Å². The molecule has 2 aliphatic heterocycles. The SMILES string of the molecule is CC(C)N1CCCC2CCC(C(C)(C)C)CN2C1. The second kappa shape index (κ2) is 5.50. The number of fused-ring (bicyclic) bond motifs is 1. The fourth-order valence-electron chi connectivity index (χ4n) is 3.56. The topological polar surface area (TPSA) is 6.48 Å². The van der Waals surface area contributed by atoms with E-state index >= 15 is 0 Å². The van der Waals surface area contributed by atoms with Gasteiger partial charge in [-0.3, -0.25) is 9.80 Å². The molecule has 0 radical (unpaired) electrons. The van der Waals surface area contributed by atoms with Gasteiger partial charge in [-0.05, 0) is 57.4 Å². The molecule has 2 nitrogen and oxygen atoms in total. The summed E-state index contributed by atoms with van der Waals surface area (Å²) in [6.07, 6.45) is 5.67. The minimum Gasteiger partial charge on any atom is -0.288 e. The first kappa shape index (κ1) is 14.3. The van der Waals surface area contributed by atoms with Crippen LogP contribution < -0.4 is 0 Å². The third kappa shape index (κ3) is 3.27. The molecule has 0 spiro atoms. The summed E-state index contributed by atoms with van der Waals surface area (Å²) < 4.78 is 0. The van der Waals surface area contributed by atoms with Crippen molar-refractivity contribution in [1.29, 1.82) is 0 Å². The van der Waals surface area contributed by atoms with Crippen molar-refractivity contribution in [3.8, 4) is 0 Å². The first-order chi connectivity index (χ1) is 8.38. The molecule has 2 rings (SSSR count). The first-order valence-corrected chi connectivity index (χ1v) is 7.86. The van der Waals surface area contributed by atoms with Gasteiger partial charge in [0.05, 0.1) is 6.67 Å². The summed E-state index contributed by atoms with van der Waals surface area (Å²) in [5.41, 5.74) is 0.472. The van der Waals surface area contributed by atoms with E-state index in [4.69, 9.17) is 0 Å². The Morgan fingerprint density at radius 3 is 2.39 bits per heavy atom. The van der Waals surface area contributed by atoms with E-state index in [-0.39, 0.29) is 0 Å². The van der Waals surface area contributed by atoms with E-state index in [1.54, 1.807) is 0 Å². The molecular weight excluding hydrogens is 220 g/mol. The highest BCUT2D eigenvalue weighted by molar-refractivity contribution is 4.88. The number of nitrogens with zero attached hydrogens (tertiary/aromatic N) is 2. The van der Waals surface area contributed by atoms with Crippen LogP contribution in [0.4, 0.5) is 0 Å². The van der Waals surface area contributed by atoms with Crippen molar-refractivity contribution in [3.63, 3.8) is 0 Å². The molecular formula is C16H32N2. The zero-order chi connectivity index (χ0) is 13.3. The van der Waals surface area contributed by atoms with Gasteiger partial charge < -0.3 is 0 Å². The second-order valence-corrected chi connectivity index (χ2v) is 7.76. The normalized spacial score (nSPS) is 32.3. The number of hydrogen-bond donors (Lipinski definition) is 0. The van der Waals surface area contributed by atoms with E-state index < -0.39 is 0 Å². The van der Waals surface area contributed by atoms with Crippen molar-refractivity contribution in [2.24, 2.45) is 11.3 Å². The second-order valence-electron chi connectivity index (χ2n) is 7.76. The highest BCUT2D eigenvalue weighted by atomic mass is 15.3. The molecule has 0 N–H and O–H groups in total. The summed E-state index contributed by atoms with van der Waals surface area (Å²) in [7, 11) is 0. The predicted molar refractivity (Wildman–Crippen MR) is 78.6 cm³/mol. The Morgan fingerprint density at radius 1 is 1.06 bits per heavy atom. The maximum atomic E-state index is 2.78. The largest absolute Gasteiger partial charge is 0.288 e. The van der Waals surface area contributed by atoms with Crippen LogP contribution in [0.2, 0.25) is 0 Å². The fraction of sp³-hybridized carbons (Fsp3) is 1.00. The molecule has 0 aromatic carbocycles. The Balaban J connectivity index is 2.02. The lowest BCUT2D eigenvalue weighted by Gasteiger charge is -2.45. The molecule has 2 fully saturated rings. The summed E-state index contributed by atoms with van der Waals surface area (Å²) in [4.78, 5) is 5.44. The fourth-order valence-corrected chi connectivity index (χ4v) is 3.56. The van der Waals surface area contributed by atoms with Gasteiger partial charge in [0.1, 0.15) is 0 Å². The lowest BCUT2D eigenvalue weighted by molar-refractivity contribution is 0.0191. The van der Waals surface area contributed by atoms with E-state index in [9.17, 15) is 0 Å². The Bertz CT molecular complexity index is 267. The van der Waals surface area contributed by atoms with Crippen LogP contribution in [-0.2, 0) is 0 Å². The lowest BCUT2D eigenvalue weighted by Crippen LogP contribution is -2.50. The highest BCUT2D eigenvalue weighted by Gasteiger charge is 2.36. The summed E-state index contributed by atoms with van der Waals surface area (Å²) in [6, 6.07) is 1.56. The lowest BCUT2D eigenvalue weighted by atomic mass is 9.74. The molecule has 2 aliphatic rings. The molecule has 2 unspecified atom stereocenters. The Hall–Kier alpha value is -0.0800. The summed E-state index contributed by atoms with van der Waals surface area (Å²) in [6.45, 7) is 15.7. The van der Waals surface area contributed by atoms with Gasteiger partial charge in [0.2, 0.25) is 0 Å². The molecule has 0 aliphatic carbocycles. The number of hydrogen-bond acceptors (Lipinski definition) is 2. The minimum absolute atomic E-state index is 0.472. The summed E-state index contributed by atoms with van der Waals surface area (Å²) >= 11 is 0. The van der Waals surface area contributed by atoms with Crippen molar-refractivity contribution in [3.05, 3.63) is 0 Å². The van der Waals surface area contributed by atoms with E-state index in [0.717, 1.165) is 12.0 Å². The van der Waals surface area contributed by atoms with Crippen molar-refractivity contribution in [1.82, 2.24) is 9.80 Å². The molecule has 2 heteroatoms. The number of piperidine rings is 1. The molecule has 0 saturated carbocycles. The smallest absolute Gasteiger partial charge is 0.0511 e. The Kier molecular flexibility index (Phi) is 4.38. The van der Waals surface area contributed by atoms with Crippen LogP contribution in [0.3, 0.4) is 0 Å². The third-order valence-electron chi connectivity index (χ3n) is 5.12. The molecule has 18 heavy (non-hydrogen) atoms. The van der Waals surface area contributed by atoms with Gasteiger partial charge in [0.15, 0.2) is 0 Å². The standard InChI is InChI=1S/C16H32N2/c1-13(2)17-10-6-7-15-9-8-14(16(3,4)5)11-18(15)12-17/h13-15H,6-12H2,1-5H3. The van der Waals surface area contributed by atoms with Crippen molar-refractivity contribution in [2.75, 3.05) is 19.8 Å². The monoisotopic (exact) mass is 252 g/mol. The van der Waals surface area contributed by atoms with Crippen LogP contribution in [-0.4, -0.2) is 41.6 Å². The quantitative estimate of drug-likeness (QED) is 0.704. The average Bonchev–Trinajstić information content (AvgIpc) is 2.48. The van der Waals surface area contributed by atoms with E-state index in [1.165, 1.54) is 45.4 Å². The minimum atomic E-state index is 0.472. The zero-order valence-electron chi connectivity index (χ0n) is 13.1. The van der Waals surface area contributed by atoms with Crippen LogP contribution in [0, 0.1) is 11.3 Å². The van der Waals surface area contributed by atoms with E-state index in [2.05, 4.69) is 44.4 Å². The molecule has 2 heterocycles. The molecule has 2 saturated heterocycles. The molecule has 0 aromatic rings. The van der Waals surface area contributed by atoms with Crippen LogP contribution in [0.1, 0.15) is 60.3 Å². The maximum Gasteiger partial charge on any atom is 0.0511 e. The van der Waals surface area contributed by atoms with Crippen molar-refractivity contribution in [2.45, 2.75) is 72.4 Å². The zero-order valence-corrected chi connectivity index (χ0v) is 13.1. The predicted octanol–water partition coefficient (Wildman–Crippen LogP) is 3.57. The molecule has 0 amide bonds. The van der Waals surface area contributed by atoms with E-state index in [0.29, 0.717) is 11.5 Å². The summed E-state index contributed by atoms with van der Waals surface area (Å²) in [5.74, 6) is 0.876. The molecule has 0 bridgehead atoms. The van der Waals surface area contributed by atoms with Crippen LogP contribution in [0.25, 0.3) is 0 Å². The van der Waals surface area contributed by atoms with Crippen LogP contribution in [0.5, 0.6) is 0 Å². The van der Waals surface area contributed by atoms with Gasteiger partial charge in [-0.2, -0.15) is 0 Å². The van der Waals surface area contributed by atoms with Crippen LogP contribution in [0.15, 0.2) is 0 Å². The third-order valence-corrected chi connectivity index (χ3v) is 5.12. The molecule has 0 aromatic heterocycles. The maximum absolute atomic E-state index is 2.78. The number of rotatable bonds is 1. The van der Waals surface area contributed by atoms with Crippen molar-refractivity contribution >= 4 is 0 Å². The van der Waals surface area contributed by atoms with Gasteiger partial charge in [0, 0.05) is 18.6 Å². The summed E-state index contributed by atoms with van der Waals surface area (Å²) in [5, 5.41) is 0. The first-order valence-electron chi connectivity index (χ1n) is 7.86. The van der Waals surface area contributed by atoms with Gasteiger partial charge in [-0.15, -0.1) is 0 Å². The Morgan fingerprint density at radius 2 is 1.78 bits per heavy atom. The van der Waals surface area contributed by atoms with Gasteiger partial charge >= 0.3 is 0 Å². The highest BCUT2D eigenvalue weighted by Crippen LogP contribution is 2.37. The van der Waals surface area contributed by atoms with Crippen molar-refractivity contribution < 1.29 is 0 Å².